The number of aromatic nitrogens is 2. The molecule has 0 aliphatic carbocycles. The van der Waals surface area contributed by atoms with Crippen LogP contribution < -0.4 is 10.2 Å². The van der Waals surface area contributed by atoms with Crippen molar-refractivity contribution in [2.45, 2.75) is 26.2 Å². The third-order valence-corrected chi connectivity index (χ3v) is 5.87. The van der Waals surface area contributed by atoms with Crippen LogP contribution in [0.15, 0.2) is 41.9 Å². The van der Waals surface area contributed by atoms with Crippen molar-refractivity contribution in [1.82, 2.24) is 9.97 Å². The molecule has 1 saturated heterocycles. The van der Waals surface area contributed by atoms with Gasteiger partial charge in [0.1, 0.15) is 5.82 Å². The maximum absolute atomic E-state index is 12.9. The van der Waals surface area contributed by atoms with Crippen LogP contribution in [0.1, 0.15) is 35.2 Å². The van der Waals surface area contributed by atoms with Crippen molar-refractivity contribution in [3.8, 4) is 11.3 Å². The second kappa shape index (κ2) is 8.58. The van der Waals surface area contributed by atoms with Crippen LogP contribution >= 0.6 is 11.3 Å². The Morgan fingerprint density at radius 1 is 1.23 bits per heavy atom. The maximum atomic E-state index is 12.9. The lowest BCUT2D eigenvalue weighted by molar-refractivity contribution is -0.385. The van der Waals surface area contributed by atoms with Crippen molar-refractivity contribution >= 4 is 33.9 Å². The number of anilines is 2. The zero-order chi connectivity index (χ0) is 21.1. The highest BCUT2D eigenvalue weighted by atomic mass is 32.1. The monoisotopic (exact) mass is 423 g/mol. The third-order valence-electron chi connectivity index (χ3n) is 5.11. The van der Waals surface area contributed by atoms with Crippen molar-refractivity contribution < 1.29 is 9.72 Å². The zero-order valence-corrected chi connectivity index (χ0v) is 17.3. The Labute approximate surface area is 177 Å². The van der Waals surface area contributed by atoms with E-state index < -0.39 is 4.92 Å². The fraction of sp³-hybridized carbons (Fsp3) is 0.286. The molecule has 0 radical (unpaired) electrons. The van der Waals surface area contributed by atoms with Crippen LogP contribution in [0, 0.1) is 17.0 Å². The third kappa shape index (κ3) is 4.16. The van der Waals surface area contributed by atoms with Gasteiger partial charge < -0.3 is 4.90 Å². The Kier molecular flexibility index (Phi) is 5.71. The van der Waals surface area contributed by atoms with Gasteiger partial charge in [0.15, 0.2) is 5.13 Å². The molecule has 9 heteroatoms. The first-order chi connectivity index (χ1) is 14.5. The SMILES string of the molecule is Cc1ccc(-c2csc(NC(=O)c3cccnc3N3CCCCC3)n2)cc1[N+](=O)[O-]. The summed E-state index contributed by atoms with van der Waals surface area (Å²) >= 11 is 1.28. The first kappa shape index (κ1) is 20.0. The number of benzene rings is 1. The van der Waals surface area contributed by atoms with E-state index in [9.17, 15) is 14.9 Å². The molecule has 3 heterocycles. The smallest absolute Gasteiger partial charge is 0.272 e. The summed E-state index contributed by atoms with van der Waals surface area (Å²) in [6, 6.07) is 8.51. The molecule has 1 aliphatic heterocycles. The lowest BCUT2D eigenvalue weighted by Gasteiger charge is -2.28. The molecule has 1 amide bonds. The molecule has 2 aromatic heterocycles. The van der Waals surface area contributed by atoms with Crippen LogP contribution in [0.4, 0.5) is 16.6 Å². The standard InChI is InChI=1S/C21H21N5O3S/c1-14-7-8-15(12-18(14)26(28)29)17-13-30-21(23-17)24-20(27)16-6-5-9-22-19(16)25-10-3-2-4-11-25/h5-9,12-13H,2-4,10-11H2,1H3,(H,23,24,27). The quantitative estimate of drug-likeness (QED) is 0.473. The van der Waals surface area contributed by atoms with E-state index in [1.807, 2.05) is 0 Å². The Morgan fingerprint density at radius 3 is 2.80 bits per heavy atom. The number of nitrogens with one attached hydrogen (secondary N) is 1. The van der Waals surface area contributed by atoms with Crippen LogP contribution in [0.2, 0.25) is 0 Å². The molecule has 0 bridgehead atoms. The number of amides is 1. The summed E-state index contributed by atoms with van der Waals surface area (Å²) in [5.74, 6) is 0.431. The summed E-state index contributed by atoms with van der Waals surface area (Å²) in [5.41, 5.74) is 2.38. The fourth-order valence-electron chi connectivity index (χ4n) is 3.53. The van der Waals surface area contributed by atoms with E-state index in [4.69, 9.17) is 0 Å². The number of carbonyl (C=O) groups is 1. The number of nitro groups is 1. The minimum Gasteiger partial charge on any atom is -0.356 e. The molecule has 1 N–H and O–H groups in total. The highest BCUT2D eigenvalue weighted by Gasteiger charge is 2.21. The second-order valence-electron chi connectivity index (χ2n) is 7.17. The van der Waals surface area contributed by atoms with E-state index in [0.29, 0.717) is 33.3 Å². The number of thiazole rings is 1. The van der Waals surface area contributed by atoms with Crippen molar-refractivity contribution in [3.63, 3.8) is 0 Å². The Hall–Kier alpha value is -3.33. The van der Waals surface area contributed by atoms with Crippen LogP contribution in [-0.4, -0.2) is 33.9 Å². The van der Waals surface area contributed by atoms with Gasteiger partial charge in [0.25, 0.3) is 11.6 Å². The van der Waals surface area contributed by atoms with Gasteiger partial charge in [0.05, 0.1) is 16.2 Å². The molecule has 1 fully saturated rings. The number of aryl methyl sites for hydroxylation is 1. The maximum Gasteiger partial charge on any atom is 0.272 e. The number of nitro benzene ring substituents is 1. The largest absolute Gasteiger partial charge is 0.356 e. The summed E-state index contributed by atoms with van der Waals surface area (Å²) in [5, 5.41) is 16.3. The number of carbonyl (C=O) groups excluding carboxylic acids is 1. The molecule has 1 aromatic carbocycles. The van der Waals surface area contributed by atoms with E-state index in [-0.39, 0.29) is 11.6 Å². The molecule has 0 spiro atoms. The Balaban J connectivity index is 1.54. The highest BCUT2D eigenvalue weighted by molar-refractivity contribution is 7.14. The predicted octanol–water partition coefficient (Wildman–Crippen LogP) is 4.66. The zero-order valence-electron chi connectivity index (χ0n) is 16.5. The molecule has 0 saturated carbocycles. The van der Waals surface area contributed by atoms with Gasteiger partial charge in [-0.15, -0.1) is 11.3 Å². The van der Waals surface area contributed by atoms with Crippen LogP contribution in [0.25, 0.3) is 11.3 Å². The normalized spacial score (nSPS) is 13.8. The van der Waals surface area contributed by atoms with Gasteiger partial charge in [-0.05, 0) is 38.3 Å². The molecule has 8 nitrogen and oxygen atoms in total. The van der Waals surface area contributed by atoms with Crippen molar-refractivity contribution in [1.29, 1.82) is 0 Å². The lowest BCUT2D eigenvalue weighted by atomic mass is 10.1. The molecular weight excluding hydrogens is 402 g/mol. The second-order valence-corrected chi connectivity index (χ2v) is 8.03. The summed E-state index contributed by atoms with van der Waals surface area (Å²) < 4.78 is 0. The minimum absolute atomic E-state index is 0.0487. The van der Waals surface area contributed by atoms with Gasteiger partial charge in [-0.2, -0.15) is 0 Å². The van der Waals surface area contributed by atoms with Crippen molar-refractivity contribution in [3.05, 3.63) is 63.1 Å². The van der Waals surface area contributed by atoms with Crippen LogP contribution in [-0.2, 0) is 0 Å². The fourth-order valence-corrected chi connectivity index (χ4v) is 4.24. The Morgan fingerprint density at radius 2 is 2.03 bits per heavy atom. The van der Waals surface area contributed by atoms with Crippen molar-refractivity contribution in [2.75, 3.05) is 23.3 Å². The molecular formula is C21H21N5O3S. The van der Waals surface area contributed by atoms with E-state index in [0.717, 1.165) is 25.9 Å². The number of hydrogen-bond acceptors (Lipinski definition) is 7. The number of piperidine rings is 1. The summed E-state index contributed by atoms with van der Waals surface area (Å²) in [6.45, 7) is 3.48. The summed E-state index contributed by atoms with van der Waals surface area (Å²) in [6.07, 6.45) is 5.09. The first-order valence-electron chi connectivity index (χ1n) is 9.75. The highest BCUT2D eigenvalue weighted by Crippen LogP contribution is 2.30. The molecule has 4 rings (SSSR count). The molecule has 30 heavy (non-hydrogen) atoms. The van der Waals surface area contributed by atoms with Gasteiger partial charge >= 0.3 is 0 Å². The number of hydrogen-bond donors (Lipinski definition) is 1. The van der Waals surface area contributed by atoms with Gasteiger partial charge in [0, 0.05) is 41.9 Å². The lowest BCUT2D eigenvalue weighted by Crippen LogP contribution is -2.32. The Bertz CT molecular complexity index is 1090. The molecule has 154 valence electrons. The molecule has 1 aliphatic rings. The number of nitrogens with zero attached hydrogens (tertiary/aromatic N) is 4. The van der Waals surface area contributed by atoms with Crippen LogP contribution in [0.3, 0.4) is 0 Å². The van der Waals surface area contributed by atoms with Gasteiger partial charge in [-0.3, -0.25) is 20.2 Å². The first-order valence-corrected chi connectivity index (χ1v) is 10.6. The van der Waals surface area contributed by atoms with Crippen LogP contribution in [0.5, 0.6) is 0 Å². The number of pyridine rings is 1. The number of rotatable bonds is 5. The molecule has 0 atom stereocenters. The topological polar surface area (TPSA) is 101 Å². The summed E-state index contributed by atoms with van der Waals surface area (Å²) in [7, 11) is 0. The average Bonchev–Trinajstić information content (AvgIpc) is 3.23. The van der Waals surface area contributed by atoms with E-state index in [2.05, 4.69) is 20.2 Å². The molecule has 3 aromatic rings. The van der Waals surface area contributed by atoms with E-state index in [1.54, 1.807) is 42.8 Å². The van der Waals surface area contributed by atoms with E-state index >= 15 is 0 Å². The molecule has 0 unspecified atom stereocenters. The average molecular weight is 423 g/mol. The van der Waals surface area contributed by atoms with Crippen molar-refractivity contribution in [2.24, 2.45) is 0 Å². The van der Waals surface area contributed by atoms with Gasteiger partial charge in [-0.1, -0.05) is 12.1 Å². The van der Waals surface area contributed by atoms with Gasteiger partial charge in [0.2, 0.25) is 0 Å². The van der Waals surface area contributed by atoms with Gasteiger partial charge in [-0.25, -0.2) is 9.97 Å². The predicted molar refractivity (Wildman–Crippen MR) is 117 cm³/mol. The van der Waals surface area contributed by atoms with E-state index in [1.165, 1.54) is 23.8 Å². The minimum atomic E-state index is -0.404. The summed E-state index contributed by atoms with van der Waals surface area (Å²) in [4.78, 5) is 34.7.